The summed E-state index contributed by atoms with van der Waals surface area (Å²) in [5.74, 6) is -1.90. The number of aliphatic carboxylic acids is 1. The molecule has 0 spiro atoms. The van der Waals surface area contributed by atoms with E-state index in [1.807, 2.05) is 36.7 Å². The van der Waals surface area contributed by atoms with Crippen LogP contribution in [0.3, 0.4) is 0 Å². The number of hydrogen-bond acceptors (Lipinski definition) is 3. The topological polar surface area (TPSA) is 64.4 Å². The number of unbranched alkanes of at least 4 members (excludes halogenated alkanes) is 1. The van der Waals surface area contributed by atoms with Crippen molar-refractivity contribution in [3.05, 3.63) is 71.1 Å². The summed E-state index contributed by atoms with van der Waals surface area (Å²) in [6.07, 6.45) is 0.126. The largest absolute Gasteiger partial charge is 0.496 e. The molecule has 5 nitrogen and oxygen atoms in total. The molecular weight excluding hydrogens is 457 g/mol. The Bertz CT molecular complexity index is 1050. The lowest BCUT2D eigenvalue weighted by atomic mass is 10.0. The van der Waals surface area contributed by atoms with E-state index in [1.165, 1.54) is 11.3 Å². The molecule has 0 bridgehead atoms. The van der Waals surface area contributed by atoms with Crippen molar-refractivity contribution in [1.82, 2.24) is 9.55 Å². The van der Waals surface area contributed by atoms with Crippen molar-refractivity contribution < 1.29 is 27.8 Å². The number of halogens is 4. The van der Waals surface area contributed by atoms with Crippen LogP contribution in [0.15, 0.2) is 54.9 Å². The lowest BCUT2D eigenvalue weighted by Gasteiger charge is -2.18. The number of carboxylic acids is 1. The molecule has 1 heterocycles. The van der Waals surface area contributed by atoms with Crippen molar-refractivity contribution in [2.45, 2.75) is 45.3 Å². The van der Waals surface area contributed by atoms with Gasteiger partial charge in [0.2, 0.25) is 0 Å². The van der Waals surface area contributed by atoms with Gasteiger partial charge in [-0.1, -0.05) is 49.2 Å². The first kappa shape index (κ1) is 26.3. The Kier molecular flexibility index (Phi) is 9.34. The first-order chi connectivity index (χ1) is 15.6. The zero-order valence-corrected chi connectivity index (χ0v) is 19.3. The maximum Gasteiger partial charge on any atom is 0.490 e. The standard InChI is InChI=1S/C22H25ClN2O.C2HF3O2/c1-4-5-9-20-22(19-8-6-7-10-21(19)26-3)24-15-25(20)16(2)17-11-13-18(23)14-12-17;3-2(4,5)1(6)7/h6-8,10-16H,4-5,9H2,1-3H3;(H,6,7). The van der Waals surface area contributed by atoms with E-state index in [-0.39, 0.29) is 6.04 Å². The molecule has 2 aromatic carbocycles. The number of aromatic nitrogens is 2. The molecule has 33 heavy (non-hydrogen) atoms. The summed E-state index contributed by atoms with van der Waals surface area (Å²) in [6, 6.07) is 16.3. The number of methoxy groups -OCH3 is 1. The van der Waals surface area contributed by atoms with Gasteiger partial charge in [0.25, 0.3) is 0 Å². The first-order valence-electron chi connectivity index (χ1n) is 10.3. The van der Waals surface area contributed by atoms with E-state index in [2.05, 4.69) is 36.6 Å². The van der Waals surface area contributed by atoms with E-state index < -0.39 is 12.1 Å². The summed E-state index contributed by atoms with van der Waals surface area (Å²) in [5, 5.41) is 7.88. The Balaban J connectivity index is 0.000000479. The highest BCUT2D eigenvalue weighted by atomic mass is 35.5. The molecule has 1 atom stereocenters. The number of benzene rings is 2. The second kappa shape index (κ2) is 11.7. The molecule has 0 saturated carbocycles. The highest BCUT2D eigenvalue weighted by molar-refractivity contribution is 6.30. The van der Waals surface area contributed by atoms with Gasteiger partial charge in [-0.15, -0.1) is 0 Å². The highest BCUT2D eigenvalue weighted by Crippen LogP contribution is 2.34. The summed E-state index contributed by atoms with van der Waals surface area (Å²) in [6.45, 7) is 4.42. The molecule has 0 radical (unpaired) electrons. The van der Waals surface area contributed by atoms with Crippen LogP contribution in [0.4, 0.5) is 13.2 Å². The molecule has 0 aliphatic carbocycles. The molecular formula is C24H26ClF3N2O3. The third-order valence-electron chi connectivity index (χ3n) is 5.04. The van der Waals surface area contributed by atoms with E-state index in [0.717, 1.165) is 41.3 Å². The molecule has 9 heteroatoms. The van der Waals surface area contributed by atoms with Gasteiger partial charge in [0.15, 0.2) is 0 Å². The van der Waals surface area contributed by atoms with Crippen LogP contribution in [0, 0.1) is 0 Å². The minimum absolute atomic E-state index is 0.190. The molecule has 1 N–H and O–H groups in total. The molecule has 0 aliphatic heterocycles. The second-order valence-corrected chi connectivity index (χ2v) is 7.72. The fourth-order valence-electron chi connectivity index (χ4n) is 3.28. The number of para-hydroxylation sites is 1. The number of rotatable bonds is 7. The van der Waals surface area contributed by atoms with Gasteiger partial charge in [0, 0.05) is 16.3 Å². The molecule has 1 unspecified atom stereocenters. The van der Waals surface area contributed by atoms with Crippen LogP contribution in [0.25, 0.3) is 11.3 Å². The Labute approximate surface area is 195 Å². The van der Waals surface area contributed by atoms with Gasteiger partial charge in [-0.3, -0.25) is 0 Å². The predicted octanol–water partition coefficient (Wildman–Crippen LogP) is 6.80. The van der Waals surface area contributed by atoms with Gasteiger partial charge in [-0.25, -0.2) is 9.78 Å². The Morgan fingerprint density at radius 1 is 1.18 bits per heavy atom. The van der Waals surface area contributed by atoms with Crippen LogP contribution in [0.2, 0.25) is 5.02 Å². The number of imidazole rings is 1. The van der Waals surface area contributed by atoms with Crippen molar-refractivity contribution in [1.29, 1.82) is 0 Å². The van der Waals surface area contributed by atoms with Crippen LogP contribution >= 0.6 is 11.6 Å². The number of alkyl halides is 3. The average Bonchev–Trinajstić information content (AvgIpc) is 3.21. The van der Waals surface area contributed by atoms with Crippen molar-refractivity contribution in [2.75, 3.05) is 7.11 Å². The molecule has 3 aromatic rings. The van der Waals surface area contributed by atoms with Crippen LogP contribution in [-0.2, 0) is 11.2 Å². The van der Waals surface area contributed by atoms with Gasteiger partial charge in [-0.05, 0) is 49.6 Å². The normalized spacial score (nSPS) is 12.0. The molecule has 0 fully saturated rings. The molecule has 0 aliphatic rings. The van der Waals surface area contributed by atoms with Crippen molar-refractivity contribution >= 4 is 17.6 Å². The quantitative estimate of drug-likeness (QED) is 0.402. The van der Waals surface area contributed by atoms with E-state index in [1.54, 1.807) is 7.11 Å². The number of carbonyl (C=O) groups is 1. The molecule has 0 saturated heterocycles. The predicted molar refractivity (Wildman–Crippen MR) is 122 cm³/mol. The lowest BCUT2D eigenvalue weighted by Crippen LogP contribution is -2.21. The highest BCUT2D eigenvalue weighted by Gasteiger charge is 2.38. The second-order valence-electron chi connectivity index (χ2n) is 7.28. The van der Waals surface area contributed by atoms with Crippen LogP contribution in [0.1, 0.15) is 44.0 Å². The van der Waals surface area contributed by atoms with Crippen molar-refractivity contribution in [3.8, 4) is 17.0 Å². The van der Waals surface area contributed by atoms with E-state index >= 15 is 0 Å². The SMILES string of the molecule is CCCCc1c(-c2ccccc2OC)ncn1C(C)c1ccc(Cl)cc1.O=C(O)C(F)(F)F. The van der Waals surface area contributed by atoms with E-state index in [4.69, 9.17) is 31.2 Å². The van der Waals surface area contributed by atoms with Gasteiger partial charge in [-0.2, -0.15) is 13.2 Å². The van der Waals surface area contributed by atoms with Gasteiger partial charge in [0.1, 0.15) is 5.75 Å². The molecule has 0 amide bonds. The average molecular weight is 483 g/mol. The van der Waals surface area contributed by atoms with E-state index in [9.17, 15) is 13.2 Å². The van der Waals surface area contributed by atoms with Crippen LogP contribution in [0.5, 0.6) is 5.75 Å². The summed E-state index contributed by atoms with van der Waals surface area (Å²) in [4.78, 5) is 13.7. The third-order valence-corrected chi connectivity index (χ3v) is 5.29. The van der Waals surface area contributed by atoms with Gasteiger partial charge < -0.3 is 14.4 Å². The Hall–Kier alpha value is -3.00. The van der Waals surface area contributed by atoms with E-state index in [0.29, 0.717) is 0 Å². The van der Waals surface area contributed by atoms with Gasteiger partial charge >= 0.3 is 12.1 Å². The Morgan fingerprint density at radius 3 is 2.33 bits per heavy atom. The molecule has 178 valence electrons. The maximum absolute atomic E-state index is 10.6. The summed E-state index contributed by atoms with van der Waals surface area (Å²) in [5.41, 5.74) is 4.52. The number of hydrogen-bond donors (Lipinski definition) is 1. The van der Waals surface area contributed by atoms with Crippen molar-refractivity contribution in [3.63, 3.8) is 0 Å². The fraction of sp³-hybridized carbons (Fsp3) is 0.333. The first-order valence-corrected chi connectivity index (χ1v) is 10.7. The van der Waals surface area contributed by atoms with Gasteiger partial charge in [0.05, 0.1) is 25.2 Å². The van der Waals surface area contributed by atoms with Crippen LogP contribution in [-0.4, -0.2) is 33.9 Å². The molecule has 1 aromatic heterocycles. The fourth-order valence-corrected chi connectivity index (χ4v) is 3.41. The number of nitrogens with zero attached hydrogens (tertiary/aromatic N) is 2. The monoisotopic (exact) mass is 482 g/mol. The summed E-state index contributed by atoms with van der Waals surface area (Å²) in [7, 11) is 1.71. The molecule has 3 rings (SSSR count). The number of carboxylic acid groups (broad SMARTS) is 1. The minimum Gasteiger partial charge on any atom is -0.496 e. The maximum atomic E-state index is 10.6. The van der Waals surface area contributed by atoms with Crippen molar-refractivity contribution in [2.24, 2.45) is 0 Å². The number of ether oxygens (including phenoxy) is 1. The minimum atomic E-state index is -5.08. The Morgan fingerprint density at radius 2 is 1.79 bits per heavy atom. The third kappa shape index (κ3) is 6.99. The lowest BCUT2D eigenvalue weighted by molar-refractivity contribution is -0.192. The zero-order chi connectivity index (χ0) is 24.6. The summed E-state index contributed by atoms with van der Waals surface area (Å²) < 4.78 is 39.6. The van der Waals surface area contributed by atoms with Crippen LogP contribution < -0.4 is 4.74 Å². The summed E-state index contributed by atoms with van der Waals surface area (Å²) >= 11 is 6.05. The zero-order valence-electron chi connectivity index (χ0n) is 18.6. The smallest absolute Gasteiger partial charge is 0.490 e.